The Bertz CT molecular complexity index is 386. The molecule has 1 atom stereocenters. The Labute approximate surface area is 88.3 Å². The fraction of sp³-hybridized carbons (Fsp3) is 0.400. The minimum Gasteiger partial charge on any atom is -0.497 e. The summed E-state index contributed by atoms with van der Waals surface area (Å²) in [5, 5.41) is 3.62. The summed E-state index contributed by atoms with van der Waals surface area (Å²) >= 11 is 0. The molecule has 5 nitrogen and oxygen atoms in total. The number of ether oxygens (including phenoxy) is 2. The van der Waals surface area contributed by atoms with E-state index in [2.05, 4.69) is 10.0 Å². The van der Waals surface area contributed by atoms with Gasteiger partial charge in [-0.2, -0.15) is 0 Å². The highest BCUT2D eigenvalue weighted by molar-refractivity contribution is 5.42. The highest BCUT2D eigenvalue weighted by Gasteiger charge is 2.10. The van der Waals surface area contributed by atoms with E-state index in [-0.39, 0.29) is 6.04 Å². The predicted octanol–water partition coefficient (Wildman–Crippen LogP) is 3.08. The second-order valence-corrected chi connectivity index (χ2v) is 2.99. The van der Waals surface area contributed by atoms with Gasteiger partial charge >= 0.3 is 0 Å². The first-order chi connectivity index (χ1) is 7.22. The Morgan fingerprint density at radius 1 is 1.33 bits per heavy atom. The third-order valence-electron chi connectivity index (χ3n) is 2.11. The average molecular weight is 207 g/mol. The van der Waals surface area contributed by atoms with Crippen LogP contribution >= 0.6 is 0 Å². The highest BCUT2D eigenvalue weighted by atomic mass is 16.5. The van der Waals surface area contributed by atoms with E-state index in [0.29, 0.717) is 11.5 Å². The van der Waals surface area contributed by atoms with E-state index < -0.39 is 0 Å². The second-order valence-electron chi connectivity index (χ2n) is 2.99. The molecular weight excluding hydrogens is 194 g/mol. The smallest absolute Gasteiger partial charge is 0.122 e. The summed E-state index contributed by atoms with van der Waals surface area (Å²) < 4.78 is 10.3. The maximum Gasteiger partial charge on any atom is 0.122 e. The fourth-order valence-electron chi connectivity index (χ4n) is 1.31. The van der Waals surface area contributed by atoms with Crippen LogP contribution in [0.1, 0.15) is 18.5 Å². The molecule has 5 heteroatoms. The van der Waals surface area contributed by atoms with Crippen LogP contribution < -0.4 is 9.47 Å². The summed E-state index contributed by atoms with van der Waals surface area (Å²) in [5.74, 6) is 1.40. The van der Waals surface area contributed by atoms with Crippen molar-refractivity contribution in [2.45, 2.75) is 13.0 Å². The topological polar surface area (TPSA) is 67.2 Å². The number of methoxy groups -OCH3 is 2. The molecule has 0 N–H and O–H groups in total. The summed E-state index contributed by atoms with van der Waals surface area (Å²) in [5.41, 5.74) is 9.19. The zero-order valence-electron chi connectivity index (χ0n) is 8.97. The van der Waals surface area contributed by atoms with Gasteiger partial charge in [0, 0.05) is 10.5 Å². The summed E-state index contributed by atoms with van der Waals surface area (Å²) in [6, 6.07) is 5.11. The molecule has 0 unspecified atom stereocenters. The molecule has 0 heterocycles. The van der Waals surface area contributed by atoms with Crippen molar-refractivity contribution in [3.05, 3.63) is 34.2 Å². The lowest BCUT2D eigenvalue weighted by Crippen LogP contribution is -1.96. The van der Waals surface area contributed by atoms with Gasteiger partial charge in [0.05, 0.1) is 20.3 Å². The monoisotopic (exact) mass is 207 g/mol. The molecule has 0 amide bonds. The van der Waals surface area contributed by atoms with Crippen LogP contribution in [0.5, 0.6) is 11.5 Å². The summed E-state index contributed by atoms with van der Waals surface area (Å²) in [7, 11) is 3.16. The molecule has 0 aliphatic carbocycles. The van der Waals surface area contributed by atoms with Gasteiger partial charge in [-0.25, -0.2) is 0 Å². The lowest BCUT2D eigenvalue weighted by atomic mass is 10.1. The van der Waals surface area contributed by atoms with Gasteiger partial charge in [-0.15, -0.1) is 0 Å². The van der Waals surface area contributed by atoms with Crippen LogP contribution in [0.4, 0.5) is 0 Å². The van der Waals surface area contributed by atoms with E-state index in [1.807, 2.05) is 0 Å². The Morgan fingerprint density at radius 3 is 2.60 bits per heavy atom. The molecular formula is C10H13N3O2. The van der Waals surface area contributed by atoms with Crippen molar-refractivity contribution in [2.75, 3.05) is 14.2 Å². The normalized spacial score (nSPS) is 11.4. The summed E-state index contributed by atoms with van der Waals surface area (Å²) in [4.78, 5) is 2.77. The van der Waals surface area contributed by atoms with Gasteiger partial charge in [0.25, 0.3) is 0 Å². The van der Waals surface area contributed by atoms with Gasteiger partial charge in [-0.1, -0.05) is 12.0 Å². The Balaban J connectivity index is 3.16. The molecule has 0 saturated heterocycles. The van der Waals surface area contributed by atoms with Gasteiger partial charge < -0.3 is 9.47 Å². The number of benzene rings is 1. The van der Waals surface area contributed by atoms with Crippen LogP contribution in [0.15, 0.2) is 23.3 Å². The Morgan fingerprint density at radius 2 is 2.07 bits per heavy atom. The molecule has 80 valence electrons. The average Bonchev–Trinajstić information content (AvgIpc) is 2.28. The Hall–Kier alpha value is -1.87. The van der Waals surface area contributed by atoms with Gasteiger partial charge in [0.2, 0.25) is 0 Å². The second kappa shape index (κ2) is 5.12. The first-order valence-electron chi connectivity index (χ1n) is 4.49. The van der Waals surface area contributed by atoms with Gasteiger partial charge in [-0.05, 0) is 23.7 Å². The molecule has 0 fully saturated rings. The standard InChI is InChI=1S/C10H13N3O2/c1-7(12-13-11)9-6-8(14-2)4-5-10(9)15-3/h4-7H,1-3H3/t7-/m1/s1. The van der Waals surface area contributed by atoms with E-state index in [9.17, 15) is 0 Å². The van der Waals surface area contributed by atoms with Crippen LogP contribution in [0.25, 0.3) is 10.4 Å². The molecule has 0 aromatic heterocycles. The van der Waals surface area contributed by atoms with E-state index in [1.165, 1.54) is 0 Å². The van der Waals surface area contributed by atoms with Crippen molar-refractivity contribution in [3.63, 3.8) is 0 Å². The van der Waals surface area contributed by atoms with Crippen molar-refractivity contribution in [1.82, 2.24) is 0 Å². The van der Waals surface area contributed by atoms with E-state index in [4.69, 9.17) is 15.0 Å². The quantitative estimate of drug-likeness (QED) is 0.432. The Kier molecular flexibility index (Phi) is 3.83. The fourth-order valence-corrected chi connectivity index (χ4v) is 1.31. The maximum atomic E-state index is 8.37. The van der Waals surface area contributed by atoms with Crippen molar-refractivity contribution in [3.8, 4) is 11.5 Å². The minimum atomic E-state index is -0.278. The molecule has 0 aliphatic heterocycles. The van der Waals surface area contributed by atoms with Gasteiger partial charge in [0.15, 0.2) is 0 Å². The first kappa shape index (κ1) is 11.2. The van der Waals surface area contributed by atoms with Crippen LogP contribution in [-0.2, 0) is 0 Å². The SMILES string of the molecule is COc1ccc(OC)c([C@@H](C)N=[N+]=[N-])c1. The molecule has 0 aliphatic rings. The molecule has 0 saturated carbocycles. The number of nitrogens with zero attached hydrogens (tertiary/aromatic N) is 3. The first-order valence-corrected chi connectivity index (χ1v) is 4.49. The van der Waals surface area contributed by atoms with Crippen molar-refractivity contribution in [1.29, 1.82) is 0 Å². The lowest BCUT2D eigenvalue weighted by Gasteiger charge is -2.12. The third-order valence-corrected chi connectivity index (χ3v) is 2.11. The summed E-state index contributed by atoms with van der Waals surface area (Å²) in [6.45, 7) is 1.80. The maximum absolute atomic E-state index is 8.37. The van der Waals surface area contributed by atoms with E-state index in [0.717, 1.165) is 5.56 Å². The van der Waals surface area contributed by atoms with Crippen molar-refractivity contribution in [2.24, 2.45) is 5.11 Å². The molecule has 1 aromatic rings. The lowest BCUT2D eigenvalue weighted by molar-refractivity contribution is 0.396. The molecule has 15 heavy (non-hydrogen) atoms. The number of hydrogen-bond acceptors (Lipinski definition) is 3. The van der Waals surface area contributed by atoms with Crippen LogP contribution in [-0.4, -0.2) is 14.2 Å². The van der Waals surface area contributed by atoms with Gasteiger partial charge in [0.1, 0.15) is 11.5 Å². The van der Waals surface area contributed by atoms with Crippen LogP contribution in [0.3, 0.4) is 0 Å². The zero-order valence-corrected chi connectivity index (χ0v) is 8.97. The largest absolute Gasteiger partial charge is 0.497 e. The molecule has 0 spiro atoms. The third kappa shape index (κ3) is 2.54. The molecule has 1 aromatic carbocycles. The minimum absolute atomic E-state index is 0.278. The molecule has 1 rings (SSSR count). The van der Waals surface area contributed by atoms with Crippen LogP contribution in [0.2, 0.25) is 0 Å². The molecule has 0 bridgehead atoms. The van der Waals surface area contributed by atoms with E-state index >= 15 is 0 Å². The highest BCUT2D eigenvalue weighted by Crippen LogP contribution is 2.31. The predicted molar refractivity (Wildman–Crippen MR) is 57.1 cm³/mol. The number of azide groups is 1. The zero-order chi connectivity index (χ0) is 11.3. The van der Waals surface area contributed by atoms with Crippen LogP contribution in [0, 0.1) is 0 Å². The van der Waals surface area contributed by atoms with Crippen molar-refractivity contribution < 1.29 is 9.47 Å². The summed E-state index contributed by atoms with van der Waals surface area (Å²) in [6.07, 6.45) is 0. The van der Waals surface area contributed by atoms with Crippen molar-refractivity contribution >= 4 is 0 Å². The number of hydrogen-bond donors (Lipinski definition) is 0. The van der Waals surface area contributed by atoms with E-state index in [1.54, 1.807) is 39.3 Å². The van der Waals surface area contributed by atoms with Gasteiger partial charge in [-0.3, -0.25) is 0 Å². The number of rotatable bonds is 4. The molecule has 0 radical (unpaired) electrons.